The molecule has 2 aromatic carbocycles. The minimum atomic E-state index is -0.232. The van der Waals surface area contributed by atoms with Crippen LogP contribution in [0.5, 0.6) is 0 Å². The van der Waals surface area contributed by atoms with E-state index in [1.807, 2.05) is 13.0 Å². The minimum Gasteiger partial charge on any atom is -0.360 e. The molecule has 2 N–H and O–H groups in total. The van der Waals surface area contributed by atoms with Gasteiger partial charge in [-0.05, 0) is 43.2 Å². The van der Waals surface area contributed by atoms with Gasteiger partial charge in [0, 0.05) is 12.2 Å². The third-order valence-electron chi connectivity index (χ3n) is 5.16. The van der Waals surface area contributed by atoms with Crippen molar-refractivity contribution in [1.82, 2.24) is 5.32 Å². The first kappa shape index (κ1) is 18.4. The van der Waals surface area contributed by atoms with Crippen LogP contribution < -0.4 is 15.1 Å². The normalized spacial score (nSPS) is 16.3. The van der Waals surface area contributed by atoms with Gasteiger partial charge in [-0.2, -0.15) is 0 Å². The lowest BCUT2D eigenvalue weighted by atomic mass is 10.1. The zero-order valence-corrected chi connectivity index (χ0v) is 15.2. The van der Waals surface area contributed by atoms with E-state index >= 15 is 0 Å². The Morgan fingerprint density at radius 1 is 1.12 bits per heavy atom. The van der Waals surface area contributed by atoms with Crippen LogP contribution in [0.25, 0.3) is 0 Å². The summed E-state index contributed by atoms with van der Waals surface area (Å²) in [6.07, 6.45) is 0.718. The molecule has 0 unspecified atom stereocenters. The standard InChI is InChI=1S/C21H26FN3O/c1-17(21(26)23-12-11-18-7-9-19(22)10-8-18)24-13-15-25(16-14-24)20-5-3-2-4-6-20/h2-10,17H,11-16H2,1H3,(H,23,26)/p+1/t17-/m0/s1. The average molecular weight is 356 g/mol. The van der Waals surface area contributed by atoms with E-state index in [2.05, 4.69) is 34.5 Å². The molecule has 4 nitrogen and oxygen atoms in total. The van der Waals surface area contributed by atoms with E-state index in [4.69, 9.17) is 0 Å². The predicted octanol–water partition coefficient (Wildman–Crippen LogP) is 1.28. The molecule has 1 aliphatic rings. The lowest BCUT2D eigenvalue weighted by Gasteiger charge is -2.36. The van der Waals surface area contributed by atoms with E-state index in [1.54, 1.807) is 12.1 Å². The first-order valence-corrected chi connectivity index (χ1v) is 9.30. The van der Waals surface area contributed by atoms with E-state index in [-0.39, 0.29) is 17.8 Å². The van der Waals surface area contributed by atoms with Gasteiger partial charge in [0.15, 0.2) is 6.04 Å². The first-order valence-electron chi connectivity index (χ1n) is 9.30. The van der Waals surface area contributed by atoms with Crippen LogP contribution in [0.4, 0.5) is 10.1 Å². The highest BCUT2D eigenvalue weighted by atomic mass is 19.1. The van der Waals surface area contributed by atoms with Crippen LogP contribution in [0, 0.1) is 5.82 Å². The summed E-state index contributed by atoms with van der Waals surface area (Å²) in [6, 6.07) is 16.8. The molecule has 0 aromatic heterocycles. The van der Waals surface area contributed by atoms with Gasteiger partial charge in [0.2, 0.25) is 0 Å². The number of amides is 1. The topological polar surface area (TPSA) is 36.8 Å². The van der Waals surface area contributed by atoms with Crippen molar-refractivity contribution in [3.63, 3.8) is 0 Å². The molecule has 0 saturated carbocycles. The number of halogens is 1. The van der Waals surface area contributed by atoms with E-state index in [0.29, 0.717) is 6.54 Å². The number of hydrogen-bond acceptors (Lipinski definition) is 2. The monoisotopic (exact) mass is 356 g/mol. The van der Waals surface area contributed by atoms with Gasteiger partial charge in [0.1, 0.15) is 5.82 Å². The second-order valence-corrected chi connectivity index (χ2v) is 6.87. The number of piperazine rings is 1. The fraction of sp³-hybridized carbons (Fsp3) is 0.381. The van der Waals surface area contributed by atoms with E-state index in [0.717, 1.165) is 38.2 Å². The summed E-state index contributed by atoms with van der Waals surface area (Å²) >= 11 is 0. The quantitative estimate of drug-likeness (QED) is 0.818. The van der Waals surface area contributed by atoms with Crippen LogP contribution in [0.1, 0.15) is 12.5 Å². The van der Waals surface area contributed by atoms with Crippen molar-refractivity contribution in [3.8, 4) is 0 Å². The van der Waals surface area contributed by atoms with Crippen molar-refractivity contribution in [1.29, 1.82) is 0 Å². The van der Waals surface area contributed by atoms with Crippen LogP contribution >= 0.6 is 0 Å². The Kier molecular flexibility index (Phi) is 6.23. The van der Waals surface area contributed by atoms with Crippen molar-refractivity contribution in [2.75, 3.05) is 37.6 Å². The Balaban J connectivity index is 1.42. The maximum atomic E-state index is 12.9. The molecular weight excluding hydrogens is 329 g/mol. The van der Waals surface area contributed by atoms with Gasteiger partial charge in [-0.1, -0.05) is 30.3 Å². The predicted molar refractivity (Wildman–Crippen MR) is 102 cm³/mol. The van der Waals surface area contributed by atoms with Gasteiger partial charge < -0.3 is 15.1 Å². The fourth-order valence-electron chi connectivity index (χ4n) is 3.44. The second-order valence-electron chi connectivity index (χ2n) is 6.87. The fourth-order valence-corrected chi connectivity index (χ4v) is 3.44. The van der Waals surface area contributed by atoms with Crippen molar-refractivity contribution in [2.45, 2.75) is 19.4 Å². The Hall–Kier alpha value is -2.40. The number of benzene rings is 2. The van der Waals surface area contributed by atoms with Crippen molar-refractivity contribution < 1.29 is 14.1 Å². The number of para-hydroxylation sites is 1. The maximum absolute atomic E-state index is 12.9. The molecule has 5 heteroatoms. The van der Waals surface area contributed by atoms with Crippen molar-refractivity contribution in [3.05, 3.63) is 66.0 Å². The van der Waals surface area contributed by atoms with Crippen LogP contribution in [-0.2, 0) is 11.2 Å². The SMILES string of the molecule is C[C@@H](C(=O)NCCc1ccc(F)cc1)[NH+]1CCN(c2ccccc2)CC1. The molecule has 1 atom stereocenters. The Bertz CT molecular complexity index is 697. The minimum absolute atomic E-state index is 0.0545. The maximum Gasteiger partial charge on any atom is 0.278 e. The van der Waals surface area contributed by atoms with Gasteiger partial charge in [0.05, 0.1) is 26.2 Å². The highest BCUT2D eigenvalue weighted by Crippen LogP contribution is 2.12. The Morgan fingerprint density at radius 2 is 1.77 bits per heavy atom. The highest BCUT2D eigenvalue weighted by molar-refractivity contribution is 5.79. The molecule has 1 heterocycles. The summed E-state index contributed by atoms with van der Waals surface area (Å²) in [6.45, 7) is 6.43. The molecule has 1 saturated heterocycles. The number of rotatable bonds is 6. The highest BCUT2D eigenvalue weighted by Gasteiger charge is 2.28. The molecule has 138 valence electrons. The van der Waals surface area contributed by atoms with Crippen LogP contribution in [0.2, 0.25) is 0 Å². The van der Waals surface area contributed by atoms with Gasteiger partial charge in [0.25, 0.3) is 5.91 Å². The number of hydrogen-bond donors (Lipinski definition) is 2. The van der Waals surface area contributed by atoms with Gasteiger partial charge in [-0.15, -0.1) is 0 Å². The summed E-state index contributed by atoms with van der Waals surface area (Å²) in [5.41, 5.74) is 2.28. The summed E-state index contributed by atoms with van der Waals surface area (Å²) in [5.74, 6) is -0.139. The van der Waals surface area contributed by atoms with Crippen LogP contribution in [-0.4, -0.2) is 44.7 Å². The first-order chi connectivity index (χ1) is 12.6. The lowest BCUT2D eigenvalue weighted by Crippen LogP contribution is -3.19. The molecule has 0 aliphatic carbocycles. The zero-order valence-electron chi connectivity index (χ0n) is 15.2. The molecule has 0 bridgehead atoms. The number of quaternary nitrogens is 1. The second kappa shape index (κ2) is 8.81. The molecule has 26 heavy (non-hydrogen) atoms. The zero-order chi connectivity index (χ0) is 18.4. The summed E-state index contributed by atoms with van der Waals surface area (Å²) in [5, 5.41) is 3.02. The van der Waals surface area contributed by atoms with Crippen molar-refractivity contribution in [2.24, 2.45) is 0 Å². The number of carbonyl (C=O) groups is 1. The van der Waals surface area contributed by atoms with E-state index < -0.39 is 0 Å². The largest absolute Gasteiger partial charge is 0.360 e. The number of nitrogens with zero attached hydrogens (tertiary/aromatic N) is 1. The number of anilines is 1. The summed E-state index contributed by atoms with van der Waals surface area (Å²) in [4.78, 5) is 16.1. The molecular formula is C21H27FN3O+. The van der Waals surface area contributed by atoms with E-state index in [1.165, 1.54) is 22.7 Å². The molecule has 2 aromatic rings. The lowest BCUT2D eigenvalue weighted by molar-refractivity contribution is -0.914. The molecule has 0 spiro atoms. The van der Waals surface area contributed by atoms with Gasteiger partial charge in [-0.25, -0.2) is 4.39 Å². The Morgan fingerprint density at radius 3 is 2.42 bits per heavy atom. The molecule has 3 rings (SSSR count). The third-order valence-corrected chi connectivity index (χ3v) is 5.16. The molecule has 1 fully saturated rings. The smallest absolute Gasteiger partial charge is 0.278 e. The molecule has 1 aliphatic heterocycles. The Labute approximate surface area is 154 Å². The average Bonchev–Trinajstić information content (AvgIpc) is 2.69. The number of nitrogens with one attached hydrogen (secondary N) is 2. The van der Waals surface area contributed by atoms with Crippen LogP contribution in [0.3, 0.4) is 0 Å². The molecule has 0 radical (unpaired) electrons. The third kappa shape index (κ3) is 4.82. The number of carbonyl (C=O) groups excluding carboxylic acids is 1. The van der Waals surface area contributed by atoms with Gasteiger partial charge in [-0.3, -0.25) is 4.79 Å². The van der Waals surface area contributed by atoms with Crippen molar-refractivity contribution >= 4 is 11.6 Å². The summed E-state index contributed by atoms with van der Waals surface area (Å²) in [7, 11) is 0. The van der Waals surface area contributed by atoms with Gasteiger partial charge >= 0.3 is 0 Å². The van der Waals surface area contributed by atoms with Crippen LogP contribution in [0.15, 0.2) is 54.6 Å². The van der Waals surface area contributed by atoms with E-state index in [9.17, 15) is 9.18 Å². The molecule has 1 amide bonds. The summed E-state index contributed by atoms with van der Waals surface area (Å²) < 4.78 is 12.9.